The molecule has 0 atom stereocenters. The van der Waals surface area contributed by atoms with Crippen LogP contribution in [0.1, 0.15) is 38.8 Å². The van der Waals surface area contributed by atoms with Crippen LogP contribution in [0.25, 0.3) is 11.1 Å². The lowest BCUT2D eigenvalue weighted by Gasteiger charge is -2.03. The van der Waals surface area contributed by atoms with Gasteiger partial charge in [-0.1, -0.05) is 68.9 Å². The predicted molar refractivity (Wildman–Crippen MR) is 124 cm³/mol. The van der Waals surface area contributed by atoms with Crippen LogP contribution in [0.3, 0.4) is 0 Å². The number of nitrogens with two attached hydrogens (primary N) is 1. The van der Waals surface area contributed by atoms with Crippen molar-refractivity contribution < 1.29 is 9.15 Å². The Morgan fingerprint density at radius 1 is 1.04 bits per heavy atom. The van der Waals surface area contributed by atoms with Gasteiger partial charge in [0.05, 0.1) is 6.61 Å². The molecule has 3 aromatic rings. The van der Waals surface area contributed by atoms with E-state index in [0.29, 0.717) is 0 Å². The Hall–Kier alpha value is -1.47. The van der Waals surface area contributed by atoms with Crippen molar-refractivity contribution in [3.8, 4) is 0 Å². The molecular weight excluding hydrogens is 388 g/mol. The first-order valence-electron chi connectivity index (χ1n) is 9.48. The quantitative estimate of drug-likeness (QED) is 0.273. The highest BCUT2D eigenvalue weighted by Crippen LogP contribution is 2.26. The topological polar surface area (TPSA) is 61.3 Å². The summed E-state index contributed by atoms with van der Waals surface area (Å²) in [7, 11) is 0. The van der Waals surface area contributed by atoms with E-state index in [9.17, 15) is 0 Å². The van der Waals surface area contributed by atoms with E-state index in [1.54, 1.807) is 11.8 Å². The van der Waals surface area contributed by atoms with E-state index in [2.05, 4.69) is 68.0 Å². The zero-order valence-electron chi connectivity index (χ0n) is 17.2. The van der Waals surface area contributed by atoms with Gasteiger partial charge < -0.3 is 9.15 Å². The third kappa shape index (κ3) is 9.64. The average Bonchev–Trinajstić information content (AvgIpc) is 3.12. The fraction of sp³-hybridized carbons (Fsp3) is 0.409. The number of oxazole rings is 1. The highest BCUT2D eigenvalue weighted by Gasteiger charge is 2.06. The van der Waals surface area contributed by atoms with Gasteiger partial charge in [-0.2, -0.15) is 0 Å². The molecule has 3 rings (SSSR count). The fourth-order valence-electron chi connectivity index (χ4n) is 2.19. The van der Waals surface area contributed by atoms with Gasteiger partial charge >= 0.3 is 0 Å². The monoisotopic (exact) mass is 420 g/mol. The fourth-order valence-corrected chi connectivity index (χ4v) is 2.99. The number of hydrogen-bond acceptors (Lipinski definition) is 6. The molecule has 0 fully saturated rings. The standard InChI is InChI=1S/C18H19NO2S.C4H10.H3NS/c1-2-20-12-11-14-7-9-15(10-8-14)13-22-18-19-16-5-3-4-6-17(16)21-18;1-4(2)3;1-2/h3-10H,2,11-13H2,1H3;4H,1-3H3;2H,1H2. The number of para-hydroxylation sites is 2. The number of rotatable bonds is 7. The molecule has 0 bridgehead atoms. The summed E-state index contributed by atoms with van der Waals surface area (Å²) >= 11 is 4.65. The first-order chi connectivity index (χ1) is 13.6. The molecule has 154 valence electrons. The molecule has 0 aliphatic rings. The molecule has 28 heavy (non-hydrogen) atoms. The van der Waals surface area contributed by atoms with Gasteiger partial charge in [-0.3, -0.25) is 5.14 Å². The zero-order chi connectivity index (χ0) is 20.8. The maximum absolute atomic E-state index is 5.71. The summed E-state index contributed by atoms with van der Waals surface area (Å²) in [6, 6.07) is 16.5. The minimum Gasteiger partial charge on any atom is -0.431 e. The summed E-state index contributed by atoms with van der Waals surface area (Å²) in [5, 5.41) is 4.92. The summed E-state index contributed by atoms with van der Waals surface area (Å²) in [6.45, 7) is 10.1. The molecule has 4 nitrogen and oxygen atoms in total. The molecule has 0 aliphatic carbocycles. The predicted octanol–water partition coefficient (Wildman–Crippen LogP) is 6.15. The summed E-state index contributed by atoms with van der Waals surface area (Å²) in [6.07, 6.45) is 0.965. The van der Waals surface area contributed by atoms with E-state index in [-0.39, 0.29) is 0 Å². The van der Waals surface area contributed by atoms with Crippen molar-refractivity contribution in [1.29, 1.82) is 0 Å². The van der Waals surface area contributed by atoms with Gasteiger partial charge in [0.2, 0.25) is 0 Å². The highest BCUT2D eigenvalue weighted by atomic mass is 32.2. The minimum atomic E-state index is 0.724. The van der Waals surface area contributed by atoms with E-state index >= 15 is 0 Å². The third-order valence-electron chi connectivity index (χ3n) is 3.40. The van der Waals surface area contributed by atoms with Crippen molar-refractivity contribution in [2.24, 2.45) is 11.1 Å². The van der Waals surface area contributed by atoms with Gasteiger partial charge in [0, 0.05) is 12.4 Å². The maximum Gasteiger partial charge on any atom is 0.257 e. The zero-order valence-corrected chi connectivity index (χ0v) is 18.9. The second-order valence-electron chi connectivity index (χ2n) is 6.73. The summed E-state index contributed by atoms with van der Waals surface area (Å²) in [5.74, 6) is 1.69. The molecule has 0 aliphatic heterocycles. The van der Waals surface area contributed by atoms with E-state index in [1.807, 2.05) is 31.2 Å². The molecule has 0 radical (unpaired) electrons. The van der Waals surface area contributed by atoms with Crippen LogP contribution < -0.4 is 5.14 Å². The van der Waals surface area contributed by atoms with E-state index in [1.165, 1.54) is 11.1 Å². The van der Waals surface area contributed by atoms with Crippen LogP contribution >= 0.6 is 24.6 Å². The average molecular weight is 421 g/mol. The first-order valence-corrected chi connectivity index (χ1v) is 11.0. The van der Waals surface area contributed by atoms with Gasteiger partial charge in [-0.25, -0.2) is 4.98 Å². The number of fused-ring (bicyclic) bond motifs is 1. The maximum atomic E-state index is 5.71. The smallest absolute Gasteiger partial charge is 0.257 e. The molecule has 2 aromatic carbocycles. The number of nitrogens with zero attached hydrogens (tertiary/aromatic N) is 1. The normalized spacial score (nSPS) is 10.2. The Bertz CT molecular complexity index is 738. The molecule has 0 spiro atoms. The Balaban J connectivity index is 0.000000583. The van der Waals surface area contributed by atoms with Crippen LogP contribution in [0.4, 0.5) is 0 Å². The van der Waals surface area contributed by atoms with Gasteiger partial charge in [0.1, 0.15) is 5.52 Å². The Morgan fingerprint density at radius 2 is 1.64 bits per heavy atom. The van der Waals surface area contributed by atoms with E-state index < -0.39 is 0 Å². The lowest BCUT2D eigenvalue weighted by molar-refractivity contribution is 0.151. The van der Waals surface area contributed by atoms with Crippen LogP contribution in [-0.2, 0) is 16.9 Å². The van der Waals surface area contributed by atoms with Crippen molar-refractivity contribution in [1.82, 2.24) is 4.98 Å². The SMILES string of the molecule is CC(C)C.CCOCCc1ccc(CSc2nc3ccccc3o2)cc1.NS. The summed E-state index contributed by atoms with van der Waals surface area (Å²) in [5.41, 5.74) is 4.34. The molecule has 6 heteroatoms. The van der Waals surface area contributed by atoms with Crippen LogP contribution in [0.5, 0.6) is 0 Å². The largest absolute Gasteiger partial charge is 0.431 e. The Labute approximate surface area is 178 Å². The Kier molecular flexibility index (Phi) is 12.7. The number of thioether (sulfide) groups is 1. The second-order valence-corrected chi connectivity index (χ2v) is 7.66. The number of thiol groups is 1. The molecular formula is C22H32N2O2S2. The van der Waals surface area contributed by atoms with Gasteiger partial charge in [-0.15, -0.1) is 12.8 Å². The molecule has 0 saturated carbocycles. The second kappa shape index (κ2) is 14.5. The van der Waals surface area contributed by atoms with Gasteiger partial charge in [0.15, 0.2) is 5.58 Å². The third-order valence-corrected chi connectivity index (χ3v) is 4.30. The molecule has 0 amide bonds. The van der Waals surface area contributed by atoms with Crippen molar-refractivity contribution in [2.75, 3.05) is 13.2 Å². The van der Waals surface area contributed by atoms with Crippen molar-refractivity contribution in [2.45, 2.75) is 45.1 Å². The molecule has 0 saturated heterocycles. The van der Waals surface area contributed by atoms with Crippen LogP contribution in [-0.4, -0.2) is 18.2 Å². The summed E-state index contributed by atoms with van der Waals surface area (Å²) < 4.78 is 11.1. The van der Waals surface area contributed by atoms with Gasteiger partial charge in [-0.05, 0) is 42.5 Å². The van der Waals surface area contributed by atoms with Gasteiger partial charge in [0.25, 0.3) is 5.22 Å². The lowest BCUT2D eigenvalue weighted by Crippen LogP contribution is -1.97. The number of aromatic nitrogens is 1. The van der Waals surface area contributed by atoms with E-state index in [4.69, 9.17) is 9.15 Å². The molecule has 0 unspecified atom stereocenters. The first kappa shape index (κ1) is 24.6. The van der Waals surface area contributed by atoms with E-state index in [0.717, 1.165) is 47.6 Å². The molecule has 2 N–H and O–H groups in total. The molecule has 1 heterocycles. The number of hydrogen-bond donors (Lipinski definition) is 2. The summed E-state index contributed by atoms with van der Waals surface area (Å²) in [4.78, 5) is 4.48. The van der Waals surface area contributed by atoms with Crippen molar-refractivity contribution in [3.05, 3.63) is 59.7 Å². The number of benzene rings is 2. The van der Waals surface area contributed by atoms with Crippen molar-refractivity contribution >= 4 is 35.7 Å². The Morgan fingerprint density at radius 3 is 2.25 bits per heavy atom. The molecule has 1 aromatic heterocycles. The van der Waals surface area contributed by atoms with Crippen LogP contribution in [0.15, 0.2) is 58.2 Å². The van der Waals surface area contributed by atoms with Crippen molar-refractivity contribution in [3.63, 3.8) is 0 Å². The highest BCUT2D eigenvalue weighted by molar-refractivity contribution is 7.98. The minimum absolute atomic E-state index is 0.724. The lowest BCUT2D eigenvalue weighted by atomic mass is 10.1. The number of ether oxygens (including phenoxy) is 1. The van der Waals surface area contributed by atoms with Crippen LogP contribution in [0.2, 0.25) is 0 Å². The van der Waals surface area contributed by atoms with Crippen LogP contribution in [0, 0.1) is 5.92 Å².